The second-order valence-electron chi connectivity index (χ2n) is 5.65. The SMILES string of the molecule is CC(C)(NC(=O)c1sc(N2CCC(N)C2)nc1N)C(N)=O. The summed E-state index contributed by atoms with van der Waals surface area (Å²) in [6, 6.07) is 0.112. The molecule has 0 aromatic carbocycles. The minimum atomic E-state index is -1.15. The summed E-state index contributed by atoms with van der Waals surface area (Å²) in [5.74, 6) is -0.929. The van der Waals surface area contributed by atoms with Crippen LogP contribution < -0.4 is 27.4 Å². The molecule has 9 heteroatoms. The Kier molecular flexibility index (Phi) is 4.06. The van der Waals surface area contributed by atoms with Gasteiger partial charge in [0.05, 0.1) is 0 Å². The van der Waals surface area contributed by atoms with Crippen molar-refractivity contribution in [1.82, 2.24) is 10.3 Å². The minimum absolute atomic E-state index is 0.112. The summed E-state index contributed by atoms with van der Waals surface area (Å²) < 4.78 is 0. The smallest absolute Gasteiger partial charge is 0.266 e. The Labute approximate surface area is 126 Å². The zero-order valence-electron chi connectivity index (χ0n) is 12.0. The monoisotopic (exact) mass is 312 g/mol. The highest BCUT2D eigenvalue weighted by Gasteiger charge is 2.30. The number of nitrogen functional groups attached to an aromatic ring is 1. The van der Waals surface area contributed by atoms with Crippen LogP contribution in [-0.4, -0.2) is 41.5 Å². The number of carbonyl (C=O) groups is 2. The fraction of sp³-hybridized carbons (Fsp3) is 0.583. The maximum Gasteiger partial charge on any atom is 0.266 e. The fourth-order valence-electron chi connectivity index (χ4n) is 1.98. The molecule has 1 unspecified atom stereocenters. The second-order valence-corrected chi connectivity index (χ2v) is 6.63. The lowest BCUT2D eigenvalue weighted by atomic mass is 10.1. The molecule has 8 nitrogen and oxygen atoms in total. The van der Waals surface area contributed by atoms with Crippen molar-refractivity contribution in [2.24, 2.45) is 11.5 Å². The van der Waals surface area contributed by atoms with Crippen LogP contribution in [0, 0.1) is 0 Å². The van der Waals surface area contributed by atoms with E-state index in [1.807, 2.05) is 4.90 Å². The standard InChI is InChI=1S/C12H20N6O2S/c1-12(2,10(15)20)17-9(19)7-8(14)16-11(21-7)18-4-3-6(13)5-18/h6H,3-5,13-14H2,1-2H3,(H2,15,20)(H,17,19). The van der Waals surface area contributed by atoms with Crippen molar-refractivity contribution in [3.63, 3.8) is 0 Å². The number of thiazole rings is 1. The maximum atomic E-state index is 12.2. The molecule has 1 fully saturated rings. The van der Waals surface area contributed by atoms with Crippen LogP contribution in [0.5, 0.6) is 0 Å². The second kappa shape index (κ2) is 5.49. The van der Waals surface area contributed by atoms with E-state index < -0.39 is 17.4 Å². The highest BCUT2D eigenvalue weighted by molar-refractivity contribution is 7.18. The average molecular weight is 312 g/mol. The van der Waals surface area contributed by atoms with E-state index in [1.165, 1.54) is 25.2 Å². The molecule has 0 spiro atoms. The van der Waals surface area contributed by atoms with Gasteiger partial charge in [0.25, 0.3) is 5.91 Å². The fourth-order valence-corrected chi connectivity index (χ4v) is 2.90. The van der Waals surface area contributed by atoms with Crippen LogP contribution in [0.15, 0.2) is 0 Å². The van der Waals surface area contributed by atoms with Crippen LogP contribution in [0.4, 0.5) is 10.9 Å². The Morgan fingerprint density at radius 2 is 2.14 bits per heavy atom. The lowest BCUT2D eigenvalue weighted by molar-refractivity contribution is -0.122. The van der Waals surface area contributed by atoms with Gasteiger partial charge in [-0.15, -0.1) is 0 Å². The number of nitrogens with one attached hydrogen (secondary N) is 1. The van der Waals surface area contributed by atoms with Gasteiger partial charge in [-0.1, -0.05) is 11.3 Å². The molecule has 21 heavy (non-hydrogen) atoms. The summed E-state index contributed by atoms with van der Waals surface area (Å²) in [5.41, 5.74) is 15.7. The summed E-state index contributed by atoms with van der Waals surface area (Å²) in [5, 5.41) is 3.23. The molecule has 0 bridgehead atoms. The predicted molar refractivity (Wildman–Crippen MR) is 82.1 cm³/mol. The lowest BCUT2D eigenvalue weighted by Gasteiger charge is -2.21. The van der Waals surface area contributed by atoms with Crippen molar-refractivity contribution in [2.45, 2.75) is 31.8 Å². The molecule has 7 N–H and O–H groups in total. The number of hydrogen-bond donors (Lipinski definition) is 4. The number of nitrogens with two attached hydrogens (primary N) is 3. The van der Waals surface area contributed by atoms with Crippen LogP contribution in [0.2, 0.25) is 0 Å². The van der Waals surface area contributed by atoms with Gasteiger partial charge < -0.3 is 27.4 Å². The third-order valence-electron chi connectivity index (χ3n) is 3.39. The highest BCUT2D eigenvalue weighted by atomic mass is 32.1. The Bertz CT molecular complexity index is 570. The number of amides is 2. The number of aromatic nitrogens is 1. The van der Waals surface area contributed by atoms with Gasteiger partial charge in [0, 0.05) is 19.1 Å². The van der Waals surface area contributed by atoms with Crippen molar-refractivity contribution in [3.05, 3.63) is 4.88 Å². The summed E-state index contributed by atoms with van der Waals surface area (Å²) in [4.78, 5) is 30.0. The van der Waals surface area contributed by atoms with Crippen LogP contribution >= 0.6 is 11.3 Å². The predicted octanol–water partition coefficient (Wildman–Crippen LogP) is -0.744. The number of primary amides is 1. The molecule has 1 atom stereocenters. The van der Waals surface area contributed by atoms with Crippen LogP contribution in [0.3, 0.4) is 0 Å². The van der Waals surface area contributed by atoms with E-state index in [0.717, 1.165) is 13.0 Å². The van der Waals surface area contributed by atoms with Gasteiger partial charge in [0.1, 0.15) is 16.2 Å². The van der Waals surface area contributed by atoms with E-state index in [1.54, 1.807) is 0 Å². The summed E-state index contributed by atoms with van der Waals surface area (Å²) in [7, 11) is 0. The van der Waals surface area contributed by atoms with Crippen LogP contribution in [0.25, 0.3) is 0 Å². The third-order valence-corrected chi connectivity index (χ3v) is 4.52. The highest BCUT2D eigenvalue weighted by Crippen LogP contribution is 2.30. The minimum Gasteiger partial charge on any atom is -0.382 e. The van der Waals surface area contributed by atoms with E-state index in [0.29, 0.717) is 11.7 Å². The average Bonchev–Trinajstić information content (AvgIpc) is 2.94. The molecule has 0 radical (unpaired) electrons. The molecule has 0 aliphatic carbocycles. The van der Waals surface area contributed by atoms with E-state index >= 15 is 0 Å². The third kappa shape index (κ3) is 3.24. The van der Waals surface area contributed by atoms with Gasteiger partial charge in [-0.3, -0.25) is 9.59 Å². The number of rotatable bonds is 4. The quantitative estimate of drug-likeness (QED) is 0.577. The molecule has 1 aromatic rings. The first-order valence-corrected chi connectivity index (χ1v) is 7.41. The first kappa shape index (κ1) is 15.5. The number of nitrogens with zero attached hydrogens (tertiary/aromatic N) is 2. The Balaban J connectivity index is 2.15. The van der Waals surface area contributed by atoms with E-state index in [9.17, 15) is 9.59 Å². The first-order valence-electron chi connectivity index (χ1n) is 6.60. The Morgan fingerprint density at radius 3 is 2.67 bits per heavy atom. The molecule has 0 saturated carbocycles. The van der Waals surface area contributed by atoms with Gasteiger partial charge >= 0.3 is 0 Å². The van der Waals surface area contributed by atoms with Gasteiger partial charge in [-0.2, -0.15) is 0 Å². The molecule has 1 aliphatic rings. The molecule has 116 valence electrons. The van der Waals surface area contributed by atoms with Crippen molar-refractivity contribution in [2.75, 3.05) is 23.7 Å². The van der Waals surface area contributed by atoms with E-state index in [2.05, 4.69) is 10.3 Å². The van der Waals surface area contributed by atoms with E-state index in [4.69, 9.17) is 17.2 Å². The lowest BCUT2D eigenvalue weighted by Crippen LogP contribution is -2.52. The topological polar surface area (TPSA) is 140 Å². The first-order chi connectivity index (χ1) is 9.70. The van der Waals surface area contributed by atoms with Crippen LogP contribution in [-0.2, 0) is 4.79 Å². The molecule has 1 aliphatic heterocycles. The van der Waals surface area contributed by atoms with E-state index in [-0.39, 0.29) is 16.7 Å². The Hall–Kier alpha value is -1.87. The summed E-state index contributed by atoms with van der Waals surface area (Å²) in [6.45, 7) is 4.55. The normalized spacial score (nSPS) is 18.8. The largest absolute Gasteiger partial charge is 0.382 e. The van der Waals surface area contributed by atoms with Crippen molar-refractivity contribution in [1.29, 1.82) is 0 Å². The van der Waals surface area contributed by atoms with Gasteiger partial charge in [-0.05, 0) is 20.3 Å². The van der Waals surface area contributed by atoms with Crippen LogP contribution in [0.1, 0.15) is 29.9 Å². The van der Waals surface area contributed by atoms with Gasteiger partial charge in [0.2, 0.25) is 5.91 Å². The molecular weight excluding hydrogens is 292 g/mol. The molecule has 1 aromatic heterocycles. The molecule has 2 amide bonds. The van der Waals surface area contributed by atoms with Crippen molar-refractivity contribution < 1.29 is 9.59 Å². The molecule has 2 rings (SSSR count). The summed E-state index contributed by atoms with van der Waals surface area (Å²) >= 11 is 1.19. The van der Waals surface area contributed by atoms with Gasteiger partial charge in [0.15, 0.2) is 5.13 Å². The number of carbonyl (C=O) groups excluding carboxylic acids is 2. The zero-order chi connectivity index (χ0) is 15.8. The molecule has 1 saturated heterocycles. The maximum absolute atomic E-state index is 12.2. The zero-order valence-corrected chi connectivity index (χ0v) is 12.9. The molecular formula is C12H20N6O2S. The van der Waals surface area contributed by atoms with Crippen molar-refractivity contribution in [3.8, 4) is 0 Å². The molecule has 2 heterocycles. The number of hydrogen-bond acceptors (Lipinski definition) is 7. The number of anilines is 2. The summed E-state index contributed by atoms with van der Waals surface area (Å²) in [6.07, 6.45) is 0.885. The Morgan fingerprint density at radius 1 is 1.48 bits per heavy atom. The van der Waals surface area contributed by atoms with Crippen molar-refractivity contribution >= 4 is 34.1 Å². The van der Waals surface area contributed by atoms with Gasteiger partial charge in [-0.25, -0.2) is 4.98 Å².